The Kier molecular flexibility index (Phi) is 2.68. The maximum Gasteiger partial charge on any atom is 0.235 e. The van der Waals surface area contributed by atoms with Crippen molar-refractivity contribution < 1.29 is 9.90 Å². The highest BCUT2D eigenvalue weighted by Crippen LogP contribution is 2.21. The van der Waals surface area contributed by atoms with Gasteiger partial charge in [-0.3, -0.25) is 4.79 Å². The average Bonchev–Trinajstić information content (AvgIpc) is 1.97. The Morgan fingerprint density at radius 2 is 2.25 bits per heavy atom. The van der Waals surface area contributed by atoms with E-state index in [1.54, 1.807) is 11.8 Å². The molecule has 0 aromatic carbocycles. The van der Waals surface area contributed by atoms with Crippen molar-refractivity contribution in [1.82, 2.24) is 4.90 Å². The third kappa shape index (κ3) is 1.93. The first kappa shape index (κ1) is 9.86. The van der Waals surface area contributed by atoms with Crippen molar-refractivity contribution in [1.29, 1.82) is 0 Å². The van der Waals surface area contributed by atoms with Gasteiger partial charge in [0.1, 0.15) is 0 Å². The third-order valence-electron chi connectivity index (χ3n) is 2.05. The van der Waals surface area contributed by atoms with Crippen LogP contribution in [0.3, 0.4) is 0 Å². The van der Waals surface area contributed by atoms with Crippen LogP contribution in [-0.4, -0.2) is 39.9 Å². The van der Waals surface area contributed by atoms with Crippen molar-refractivity contribution >= 4 is 18.5 Å². The van der Waals surface area contributed by atoms with Gasteiger partial charge in [-0.2, -0.15) is 12.6 Å². The molecule has 1 fully saturated rings. The molecular weight excluding hydrogens is 174 g/mol. The maximum atomic E-state index is 11.4. The van der Waals surface area contributed by atoms with Crippen LogP contribution < -0.4 is 0 Å². The first-order chi connectivity index (χ1) is 5.46. The molecule has 0 aliphatic carbocycles. The highest BCUT2D eigenvalue weighted by atomic mass is 32.1. The van der Waals surface area contributed by atoms with Gasteiger partial charge in [-0.05, 0) is 13.3 Å². The van der Waals surface area contributed by atoms with E-state index in [0.29, 0.717) is 13.1 Å². The third-order valence-corrected chi connectivity index (χ3v) is 2.63. The van der Waals surface area contributed by atoms with E-state index in [4.69, 9.17) is 0 Å². The number of hydrogen-bond donors (Lipinski definition) is 2. The van der Waals surface area contributed by atoms with Gasteiger partial charge < -0.3 is 10.0 Å². The Hall–Kier alpha value is -0.220. The molecule has 1 aliphatic rings. The number of carbonyl (C=O) groups excluding carboxylic acids is 1. The summed E-state index contributed by atoms with van der Waals surface area (Å²) in [6, 6.07) is 0. The average molecular weight is 189 g/mol. The first-order valence-corrected chi connectivity index (χ1v) is 4.67. The number of β-amino-alcohol motifs (C(OH)–C–C–N with tert-alkyl or cyclic N) is 1. The van der Waals surface area contributed by atoms with Gasteiger partial charge in [0.05, 0.1) is 23.9 Å². The van der Waals surface area contributed by atoms with Crippen molar-refractivity contribution in [3.8, 4) is 0 Å². The highest BCUT2D eigenvalue weighted by molar-refractivity contribution is 7.81. The van der Waals surface area contributed by atoms with Gasteiger partial charge in [0.25, 0.3) is 0 Å². The molecule has 1 aliphatic heterocycles. The van der Waals surface area contributed by atoms with Crippen LogP contribution in [0.2, 0.25) is 0 Å². The van der Waals surface area contributed by atoms with Crippen molar-refractivity contribution in [2.45, 2.75) is 31.1 Å². The SMILES string of the molecule is CCC(S)C(=O)N1CC(C)(O)C1. The summed E-state index contributed by atoms with van der Waals surface area (Å²) in [6.07, 6.45) is 0.737. The molecule has 70 valence electrons. The lowest BCUT2D eigenvalue weighted by molar-refractivity contribution is -0.151. The molecule has 0 aromatic rings. The van der Waals surface area contributed by atoms with E-state index in [-0.39, 0.29) is 11.2 Å². The first-order valence-electron chi connectivity index (χ1n) is 4.15. The summed E-state index contributed by atoms with van der Waals surface area (Å²) in [7, 11) is 0. The number of likely N-dealkylation sites (tertiary alicyclic amines) is 1. The number of thiol groups is 1. The predicted octanol–water partition coefficient (Wildman–Crippen LogP) is 0.288. The minimum atomic E-state index is -0.670. The van der Waals surface area contributed by atoms with Crippen molar-refractivity contribution in [3.05, 3.63) is 0 Å². The van der Waals surface area contributed by atoms with Gasteiger partial charge in [-0.25, -0.2) is 0 Å². The topological polar surface area (TPSA) is 40.5 Å². The fourth-order valence-electron chi connectivity index (χ4n) is 1.32. The van der Waals surface area contributed by atoms with Crippen molar-refractivity contribution in [2.75, 3.05) is 13.1 Å². The highest BCUT2D eigenvalue weighted by Gasteiger charge is 2.40. The van der Waals surface area contributed by atoms with Crippen LogP contribution in [0.5, 0.6) is 0 Å². The summed E-state index contributed by atoms with van der Waals surface area (Å²) in [5, 5.41) is 9.16. The number of aliphatic hydroxyl groups is 1. The van der Waals surface area contributed by atoms with E-state index in [1.165, 1.54) is 0 Å². The van der Waals surface area contributed by atoms with E-state index in [0.717, 1.165) is 6.42 Å². The van der Waals surface area contributed by atoms with Crippen LogP contribution in [0.4, 0.5) is 0 Å². The number of carbonyl (C=O) groups is 1. The van der Waals surface area contributed by atoms with E-state index < -0.39 is 5.60 Å². The van der Waals surface area contributed by atoms with E-state index in [1.807, 2.05) is 6.92 Å². The Morgan fingerprint density at radius 1 is 1.75 bits per heavy atom. The van der Waals surface area contributed by atoms with Gasteiger partial charge >= 0.3 is 0 Å². The second-order valence-electron chi connectivity index (χ2n) is 3.62. The summed E-state index contributed by atoms with van der Waals surface area (Å²) in [6.45, 7) is 4.55. The quantitative estimate of drug-likeness (QED) is 0.613. The van der Waals surface area contributed by atoms with Crippen LogP contribution in [0.15, 0.2) is 0 Å². The van der Waals surface area contributed by atoms with Crippen LogP contribution in [0.1, 0.15) is 20.3 Å². The number of rotatable bonds is 2. The lowest BCUT2D eigenvalue weighted by Gasteiger charge is -2.44. The molecule has 1 saturated heterocycles. The fourth-order valence-corrected chi connectivity index (χ4v) is 1.48. The molecule has 1 heterocycles. The van der Waals surface area contributed by atoms with E-state index in [2.05, 4.69) is 12.6 Å². The monoisotopic (exact) mass is 189 g/mol. The number of amides is 1. The molecule has 1 N–H and O–H groups in total. The van der Waals surface area contributed by atoms with Gasteiger partial charge in [0.2, 0.25) is 5.91 Å². The molecule has 12 heavy (non-hydrogen) atoms. The predicted molar refractivity (Wildman–Crippen MR) is 50.3 cm³/mol. The Labute approximate surface area is 78.2 Å². The molecule has 1 rings (SSSR count). The summed E-state index contributed by atoms with van der Waals surface area (Å²) in [5.74, 6) is 0.0346. The zero-order valence-corrected chi connectivity index (χ0v) is 8.34. The minimum Gasteiger partial charge on any atom is -0.386 e. The van der Waals surface area contributed by atoms with Crippen LogP contribution in [0.25, 0.3) is 0 Å². The Bertz CT molecular complexity index is 185. The molecule has 0 bridgehead atoms. The lowest BCUT2D eigenvalue weighted by atomic mass is 9.96. The normalized spacial score (nSPS) is 23.2. The maximum absolute atomic E-state index is 11.4. The molecule has 1 unspecified atom stereocenters. The van der Waals surface area contributed by atoms with Gasteiger partial charge in [-0.15, -0.1) is 0 Å². The summed E-state index contributed by atoms with van der Waals surface area (Å²) in [4.78, 5) is 13.0. The summed E-state index contributed by atoms with van der Waals surface area (Å²) >= 11 is 4.14. The zero-order chi connectivity index (χ0) is 9.35. The molecule has 0 aromatic heterocycles. The standard InChI is InChI=1S/C8H15NO2S/c1-3-6(12)7(10)9-4-8(2,11)5-9/h6,11-12H,3-5H2,1-2H3. The summed E-state index contributed by atoms with van der Waals surface area (Å²) < 4.78 is 0. The van der Waals surface area contributed by atoms with E-state index in [9.17, 15) is 9.90 Å². The smallest absolute Gasteiger partial charge is 0.235 e. The second kappa shape index (κ2) is 3.26. The lowest BCUT2D eigenvalue weighted by Crippen LogP contribution is -2.63. The van der Waals surface area contributed by atoms with Crippen LogP contribution in [0, 0.1) is 0 Å². The molecule has 0 spiro atoms. The minimum absolute atomic E-state index is 0.0346. The number of nitrogens with zero attached hydrogens (tertiary/aromatic N) is 1. The van der Waals surface area contributed by atoms with Gasteiger partial charge in [0, 0.05) is 0 Å². The van der Waals surface area contributed by atoms with Crippen molar-refractivity contribution in [2.24, 2.45) is 0 Å². The number of hydrogen-bond acceptors (Lipinski definition) is 3. The summed E-state index contributed by atoms with van der Waals surface area (Å²) in [5.41, 5.74) is -0.670. The van der Waals surface area contributed by atoms with Gasteiger partial charge in [-0.1, -0.05) is 6.92 Å². The van der Waals surface area contributed by atoms with E-state index >= 15 is 0 Å². The second-order valence-corrected chi connectivity index (χ2v) is 4.24. The molecule has 1 atom stereocenters. The fraction of sp³-hybridized carbons (Fsp3) is 0.875. The molecule has 0 saturated carbocycles. The molecule has 0 radical (unpaired) electrons. The Morgan fingerprint density at radius 3 is 2.58 bits per heavy atom. The van der Waals surface area contributed by atoms with Gasteiger partial charge in [0.15, 0.2) is 0 Å². The zero-order valence-electron chi connectivity index (χ0n) is 7.45. The molecule has 4 heteroatoms. The molecular formula is C8H15NO2S. The largest absolute Gasteiger partial charge is 0.386 e. The molecule has 3 nitrogen and oxygen atoms in total. The van der Waals surface area contributed by atoms with Crippen molar-refractivity contribution in [3.63, 3.8) is 0 Å². The van der Waals surface area contributed by atoms with Crippen LogP contribution >= 0.6 is 12.6 Å². The van der Waals surface area contributed by atoms with Crippen LogP contribution in [-0.2, 0) is 4.79 Å². The Balaban J connectivity index is 2.38. The molecule has 1 amide bonds.